The molecular weight excluding hydrogens is 450 g/mol. The number of hydrogen-bond donors (Lipinski definition) is 3. The zero-order chi connectivity index (χ0) is 25.4. The van der Waals surface area contributed by atoms with Gasteiger partial charge in [-0.3, -0.25) is 19.1 Å². The van der Waals surface area contributed by atoms with Gasteiger partial charge < -0.3 is 16.5 Å². The number of fused-ring (bicyclic) bond motifs is 3. The summed E-state index contributed by atoms with van der Waals surface area (Å²) in [5.74, 6) is -0.326. The number of rotatable bonds is 5. The van der Waals surface area contributed by atoms with Gasteiger partial charge in [0.25, 0.3) is 5.56 Å². The molecule has 0 atom stereocenters. The molecule has 0 radical (unpaired) electrons. The normalized spacial score (nSPS) is 10.9. The molecule has 0 aliphatic carbocycles. The van der Waals surface area contributed by atoms with E-state index in [0.717, 1.165) is 33.0 Å². The van der Waals surface area contributed by atoms with E-state index in [9.17, 15) is 9.59 Å². The minimum absolute atomic E-state index is 0.205. The Morgan fingerprint density at radius 3 is 2.61 bits per heavy atom. The van der Waals surface area contributed by atoms with Crippen LogP contribution in [0.25, 0.3) is 38.6 Å². The summed E-state index contributed by atoms with van der Waals surface area (Å²) in [4.78, 5) is 29.8. The van der Waals surface area contributed by atoms with E-state index in [1.54, 1.807) is 29.0 Å². The predicted molar refractivity (Wildman–Crippen MR) is 146 cm³/mol. The van der Waals surface area contributed by atoms with Gasteiger partial charge in [-0.2, -0.15) is 0 Å². The van der Waals surface area contributed by atoms with Crippen LogP contribution < -0.4 is 16.6 Å². The van der Waals surface area contributed by atoms with Gasteiger partial charge in [-0.1, -0.05) is 24.8 Å². The summed E-state index contributed by atoms with van der Waals surface area (Å²) < 4.78 is 1.64. The molecule has 0 saturated heterocycles. The van der Waals surface area contributed by atoms with Crippen molar-refractivity contribution in [2.45, 2.75) is 6.92 Å². The van der Waals surface area contributed by atoms with Crippen LogP contribution in [0, 0.1) is 12.3 Å². The third kappa shape index (κ3) is 3.92. The third-order valence-electron chi connectivity index (χ3n) is 6.22. The van der Waals surface area contributed by atoms with Crippen LogP contribution >= 0.6 is 0 Å². The number of nitrogens with one attached hydrogen (secondary N) is 2. The van der Waals surface area contributed by atoms with Crippen molar-refractivity contribution >= 4 is 45.3 Å². The summed E-state index contributed by atoms with van der Waals surface area (Å²) in [6, 6.07) is 20.2. The smallest absolute Gasteiger partial charge is 0.255 e. The SMILES string of the molecule is C=CC(=O)Nc1cc(-n2c(=O)ccc3cnc4ccc(-c5ccc(N)c(C=N)c5)cc4c32)ccc1C. The molecule has 36 heavy (non-hydrogen) atoms. The van der Waals surface area contributed by atoms with E-state index < -0.39 is 0 Å². The van der Waals surface area contributed by atoms with Crippen molar-refractivity contribution in [3.8, 4) is 16.8 Å². The molecule has 3 aromatic carbocycles. The molecule has 176 valence electrons. The number of amides is 1. The van der Waals surface area contributed by atoms with Crippen molar-refractivity contribution in [1.29, 1.82) is 5.41 Å². The Morgan fingerprint density at radius 1 is 1.06 bits per heavy atom. The Hall–Kier alpha value is -5.04. The molecule has 0 unspecified atom stereocenters. The van der Waals surface area contributed by atoms with Crippen molar-refractivity contribution < 1.29 is 4.79 Å². The highest BCUT2D eigenvalue weighted by molar-refractivity contribution is 6.06. The highest BCUT2D eigenvalue weighted by atomic mass is 16.1. The first-order valence-corrected chi connectivity index (χ1v) is 11.3. The molecule has 2 aromatic heterocycles. The first-order valence-electron chi connectivity index (χ1n) is 11.3. The van der Waals surface area contributed by atoms with E-state index >= 15 is 0 Å². The van der Waals surface area contributed by atoms with E-state index in [2.05, 4.69) is 16.9 Å². The van der Waals surface area contributed by atoms with E-state index in [0.29, 0.717) is 28.1 Å². The first kappa shape index (κ1) is 22.7. The van der Waals surface area contributed by atoms with Crippen LogP contribution in [-0.2, 0) is 4.79 Å². The zero-order valence-corrected chi connectivity index (χ0v) is 19.6. The fourth-order valence-corrected chi connectivity index (χ4v) is 4.29. The minimum Gasteiger partial charge on any atom is -0.398 e. The van der Waals surface area contributed by atoms with Crippen molar-refractivity contribution in [2.75, 3.05) is 11.1 Å². The average molecular weight is 474 g/mol. The topological polar surface area (TPSA) is 114 Å². The predicted octanol–water partition coefficient (Wildman–Crippen LogP) is 5.22. The zero-order valence-electron chi connectivity index (χ0n) is 19.6. The number of nitrogens with zero attached hydrogens (tertiary/aromatic N) is 2. The van der Waals surface area contributed by atoms with Gasteiger partial charge in [-0.25, -0.2) is 0 Å². The largest absolute Gasteiger partial charge is 0.398 e. The molecule has 0 aliphatic heterocycles. The molecule has 0 fully saturated rings. The highest BCUT2D eigenvalue weighted by Gasteiger charge is 2.13. The summed E-state index contributed by atoms with van der Waals surface area (Å²) in [7, 11) is 0. The van der Waals surface area contributed by atoms with E-state index in [4.69, 9.17) is 11.1 Å². The number of benzene rings is 3. The number of pyridine rings is 2. The van der Waals surface area contributed by atoms with Crippen LogP contribution in [0.2, 0.25) is 0 Å². The molecule has 7 nitrogen and oxygen atoms in total. The van der Waals surface area contributed by atoms with Crippen LogP contribution in [0.5, 0.6) is 0 Å². The van der Waals surface area contributed by atoms with Gasteiger partial charge in [0.2, 0.25) is 5.91 Å². The maximum absolute atomic E-state index is 13.2. The van der Waals surface area contributed by atoms with E-state index in [-0.39, 0.29) is 11.5 Å². The van der Waals surface area contributed by atoms with E-state index in [1.807, 2.05) is 49.4 Å². The summed E-state index contributed by atoms with van der Waals surface area (Å²) in [5, 5.41) is 12.0. The van der Waals surface area contributed by atoms with Crippen molar-refractivity contribution in [3.63, 3.8) is 0 Å². The Morgan fingerprint density at radius 2 is 1.83 bits per heavy atom. The Bertz CT molecular complexity index is 1770. The monoisotopic (exact) mass is 473 g/mol. The lowest BCUT2D eigenvalue weighted by molar-refractivity contribution is -0.111. The second-order valence-electron chi connectivity index (χ2n) is 8.48. The number of nitrogen functional groups attached to an aromatic ring is 1. The number of anilines is 2. The molecule has 0 spiro atoms. The maximum atomic E-state index is 13.2. The molecule has 5 rings (SSSR count). The first-order chi connectivity index (χ1) is 17.4. The van der Waals surface area contributed by atoms with Crippen LogP contribution in [0.4, 0.5) is 11.4 Å². The lowest BCUT2D eigenvalue weighted by Crippen LogP contribution is -2.18. The summed E-state index contributed by atoms with van der Waals surface area (Å²) in [5.41, 5.74) is 12.3. The summed E-state index contributed by atoms with van der Waals surface area (Å²) in [6.07, 6.45) is 4.19. The van der Waals surface area contributed by atoms with Crippen LogP contribution in [0.15, 0.2) is 90.4 Å². The van der Waals surface area contributed by atoms with Gasteiger partial charge in [-0.15, -0.1) is 0 Å². The number of aryl methyl sites for hydroxylation is 1. The molecular formula is C29H23N5O2. The number of nitrogens with two attached hydrogens (primary N) is 1. The number of hydrogen-bond acceptors (Lipinski definition) is 5. The van der Waals surface area contributed by atoms with Gasteiger partial charge in [0.1, 0.15) is 0 Å². The molecule has 0 saturated carbocycles. The Balaban J connectivity index is 1.79. The fraction of sp³-hybridized carbons (Fsp3) is 0.0345. The maximum Gasteiger partial charge on any atom is 0.255 e. The lowest BCUT2D eigenvalue weighted by atomic mass is 9.99. The second-order valence-corrected chi connectivity index (χ2v) is 8.48. The van der Waals surface area contributed by atoms with Crippen LogP contribution in [0.1, 0.15) is 11.1 Å². The molecule has 0 bridgehead atoms. The fourth-order valence-electron chi connectivity index (χ4n) is 4.29. The molecule has 1 amide bonds. The summed E-state index contributed by atoms with van der Waals surface area (Å²) >= 11 is 0. The van der Waals surface area contributed by atoms with Gasteiger partial charge in [0.05, 0.1) is 16.7 Å². The molecule has 0 aliphatic rings. The number of carbonyl (C=O) groups is 1. The molecule has 7 heteroatoms. The van der Waals surface area contributed by atoms with Gasteiger partial charge in [0, 0.05) is 46.2 Å². The number of aromatic nitrogens is 2. The Labute approximate surface area is 207 Å². The average Bonchev–Trinajstić information content (AvgIpc) is 2.89. The second kappa shape index (κ2) is 8.96. The minimum atomic E-state index is -0.326. The van der Waals surface area contributed by atoms with Gasteiger partial charge >= 0.3 is 0 Å². The third-order valence-corrected chi connectivity index (χ3v) is 6.22. The van der Waals surface area contributed by atoms with Gasteiger partial charge in [0.15, 0.2) is 0 Å². The van der Waals surface area contributed by atoms with Gasteiger partial charge in [-0.05, 0) is 72.2 Å². The lowest BCUT2D eigenvalue weighted by Gasteiger charge is -2.15. The molecule has 4 N–H and O–H groups in total. The highest BCUT2D eigenvalue weighted by Crippen LogP contribution is 2.31. The van der Waals surface area contributed by atoms with Crippen molar-refractivity contribution in [1.82, 2.24) is 9.55 Å². The van der Waals surface area contributed by atoms with Crippen molar-refractivity contribution in [3.05, 3.63) is 107 Å². The molecule has 2 heterocycles. The van der Waals surface area contributed by atoms with Crippen molar-refractivity contribution in [2.24, 2.45) is 0 Å². The summed E-state index contributed by atoms with van der Waals surface area (Å²) in [6.45, 7) is 5.40. The molecule has 5 aromatic rings. The standard InChI is InChI=1S/C29H23N5O2/c1-3-27(35)33-26-14-22(8-4-17(26)2)34-28(36)11-7-20-16-32-25-10-6-19(13-23(25)29(20)34)18-5-9-24(31)21(12-18)15-30/h3-16,30H,1,31H2,2H3,(H,33,35). The van der Waals surface area contributed by atoms with Crippen LogP contribution in [-0.4, -0.2) is 21.7 Å². The Kier molecular flexibility index (Phi) is 5.66. The quantitative estimate of drug-likeness (QED) is 0.141. The van der Waals surface area contributed by atoms with Crippen LogP contribution in [0.3, 0.4) is 0 Å². The van der Waals surface area contributed by atoms with E-state index in [1.165, 1.54) is 18.4 Å². The number of carbonyl (C=O) groups excluding carboxylic acids is 1.